The number of benzene rings is 2. The highest BCUT2D eigenvalue weighted by molar-refractivity contribution is 5.99. The number of halogens is 1. The molecule has 4 aromatic rings. The predicted octanol–water partition coefficient (Wildman–Crippen LogP) is 3.74. The smallest absolute Gasteiger partial charge is 0.260 e. The quantitative estimate of drug-likeness (QED) is 0.496. The van der Waals surface area contributed by atoms with Crippen LogP contribution in [0.5, 0.6) is 5.75 Å². The number of aryl methyl sites for hydroxylation is 1. The van der Waals surface area contributed by atoms with E-state index in [0.29, 0.717) is 30.1 Å². The summed E-state index contributed by atoms with van der Waals surface area (Å²) >= 11 is 0. The Bertz CT molecular complexity index is 1340. The number of carbonyl (C=O) groups is 1. The van der Waals surface area contributed by atoms with Gasteiger partial charge in [0.1, 0.15) is 28.6 Å². The van der Waals surface area contributed by atoms with Gasteiger partial charge in [-0.1, -0.05) is 18.2 Å². The molecule has 3 heterocycles. The molecule has 1 saturated heterocycles. The van der Waals surface area contributed by atoms with Crippen molar-refractivity contribution in [3.05, 3.63) is 77.6 Å². The number of hydrogen-bond donors (Lipinski definition) is 1. The summed E-state index contributed by atoms with van der Waals surface area (Å²) < 4.78 is 20.5. The van der Waals surface area contributed by atoms with Gasteiger partial charge in [0.05, 0.1) is 36.6 Å². The van der Waals surface area contributed by atoms with Crippen LogP contribution in [-0.4, -0.2) is 49.4 Å². The Kier molecular flexibility index (Phi) is 4.73. The second-order valence-corrected chi connectivity index (χ2v) is 7.82. The topological polar surface area (TPSA) is 88.9 Å². The van der Waals surface area contributed by atoms with E-state index in [-0.39, 0.29) is 11.3 Å². The van der Waals surface area contributed by atoms with Crippen LogP contribution in [0.25, 0.3) is 16.7 Å². The molecule has 1 atom stereocenters. The third-order valence-corrected chi connectivity index (χ3v) is 5.70. The molecule has 1 N–H and O–H groups in total. The van der Waals surface area contributed by atoms with Gasteiger partial charge < -0.3 is 14.6 Å². The molecule has 32 heavy (non-hydrogen) atoms. The number of amides is 1. The first kappa shape index (κ1) is 19.9. The maximum atomic E-state index is 15.3. The van der Waals surface area contributed by atoms with Gasteiger partial charge in [-0.05, 0) is 37.1 Å². The number of carbonyl (C=O) groups excluding carboxylic acids is 1. The van der Waals surface area contributed by atoms with Crippen LogP contribution in [0.1, 0.15) is 34.2 Å². The van der Waals surface area contributed by atoms with Gasteiger partial charge in [-0.3, -0.25) is 4.79 Å². The zero-order valence-corrected chi connectivity index (χ0v) is 17.7. The minimum Gasteiger partial charge on any atom is -0.497 e. The van der Waals surface area contributed by atoms with Gasteiger partial charge >= 0.3 is 0 Å². The molecule has 0 radical (unpaired) electrons. The van der Waals surface area contributed by atoms with Crippen LogP contribution in [0.4, 0.5) is 4.39 Å². The number of aromatic amines is 1. The van der Waals surface area contributed by atoms with Crippen molar-refractivity contribution in [3.8, 4) is 11.4 Å². The molecule has 2 aromatic carbocycles. The number of fused-ring (bicyclic) bond motifs is 1. The van der Waals surface area contributed by atoms with E-state index in [2.05, 4.69) is 26.7 Å². The number of H-pyrrole nitrogens is 1. The molecular formula is C23H21FN6O2. The van der Waals surface area contributed by atoms with Gasteiger partial charge in [-0.2, -0.15) is 15.0 Å². The van der Waals surface area contributed by atoms with E-state index in [4.69, 9.17) is 4.74 Å². The lowest BCUT2D eigenvalue weighted by Gasteiger charge is -2.24. The highest BCUT2D eigenvalue weighted by Gasteiger charge is 2.37. The van der Waals surface area contributed by atoms with Gasteiger partial charge in [-0.25, -0.2) is 9.37 Å². The Morgan fingerprint density at radius 2 is 2.03 bits per heavy atom. The van der Waals surface area contributed by atoms with Crippen LogP contribution in [-0.2, 0) is 0 Å². The third kappa shape index (κ3) is 3.22. The van der Waals surface area contributed by atoms with Gasteiger partial charge in [0.2, 0.25) is 0 Å². The van der Waals surface area contributed by atoms with E-state index < -0.39 is 17.8 Å². The lowest BCUT2D eigenvalue weighted by molar-refractivity contribution is 0.0727. The standard InChI is InChI=1S/C23H21FN6O2/c1-13-10-19(22-27-16-6-5-15(32-3)11-17(16)28-22)29(12-13)23(31)20-18(30-25-8-9-26-30)7-4-14(2)21(20)24/h4-9,11,19H,1,10,12H2,2-3H3,(H,27,28). The fourth-order valence-corrected chi connectivity index (χ4v) is 4.07. The molecule has 1 aliphatic rings. The van der Waals surface area contributed by atoms with Crippen molar-refractivity contribution >= 4 is 16.9 Å². The largest absolute Gasteiger partial charge is 0.497 e. The molecule has 8 nitrogen and oxygen atoms in total. The second-order valence-electron chi connectivity index (χ2n) is 7.82. The molecule has 5 rings (SSSR count). The van der Waals surface area contributed by atoms with E-state index in [1.165, 1.54) is 17.2 Å². The maximum absolute atomic E-state index is 15.3. The van der Waals surface area contributed by atoms with Crippen LogP contribution in [0.2, 0.25) is 0 Å². The minimum absolute atomic E-state index is 0.0707. The molecule has 0 saturated carbocycles. The van der Waals surface area contributed by atoms with Crippen LogP contribution in [0.15, 0.2) is 54.9 Å². The summed E-state index contributed by atoms with van der Waals surface area (Å²) in [6.45, 7) is 6.00. The molecule has 9 heteroatoms. The maximum Gasteiger partial charge on any atom is 0.260 e. The van der Waals surface area contributed by atoms with Gasteiger partial charge in [-0.15, -0.1) is 0 Å². The number of hydrogen-bond acceptors (Lipinski definition) is 5. The first-order chi connectivity index (χ1) is 15.5. The van der Waals surface area contributed by atoms with Gasteiger partial charge in [0, 0.05) is 12.6 Å². The molecule has 1 aliphatic heterocycles. The number of nitrogens with one attached hydrogen (secondary N) is 1. The van der Waals surface area contributed by atoms with Crippen molar-refractivity contribution in [1.82, 2.24) is 29.9 Å². The summed E-state index contributed by atoms with van der Waals surface area (Å²) in [4.78, 5) is 24.5. The highest BCUT2D eigenvalue weighted by Crippen LogP contribution is 2.36. The second kappa shape index (κ2) is 7.60. The number of ether oxygens (including phenoxy) is 1. The molecular weight excluding hydrogens is 411 g/mol. The van der Waals surface area contributed by atoms with E-state index >= 15 is 4.39 Å². The fourth-order valence-electron chi connectivity index (χ4n) is 4.07. The summed E-state index contributed by atoms with van der Waals surface area (Å²) in [5, 5.41) is 8.17. The molecule has 0 aliphatic carbocycles. The number of imidazole rings is 1. The SMILES string of the molecule is C=C1CC(c2nc3ccc(OC)cc3[nH]2)N(C(=O)c2c(-n3nccn3)ccc(C)c2F)C1. The Labute approximate surface area is 183 Å². The lowest BCUT2D eigenvalue weighted by Crippen LogP contribution is -2.33. The zero-order chi connectivity index (χ0) is 22.4. The highest BCUT2D eigenvalue weighted by atomic mass is 19.1. The van der Waals surface area contributed by atoms with Crippen LogP contribution >= 0.6 is 0 Å². The number of nitrogens with zero attached hydrogens (tertiary/aromatic N) is 5. The Morgan fingerprint density at radius 3 is 2.78 bits per heavy atom. The normalized spacial score (nSPS) is 16.2. The van der Waals surface area contributed by atoms with Crippen molar-refractivity contribution in [3.63, 3.8) is 0 Å². The van der Waals surface area contributed by atoms with Crippen molar-refractivity contribution in [2.24, 2.45) is 0 Å². The Morgan fingerprint density at radius 1 is 1.25 bits per heavy atom. The lowest BCUT2D eigenvalue weighted by atomic mass is 10.1. The monoisotopic (exact) mass is 432 g/mol. The van der Waals surface area contributed by atoms with E-state index in [0.717, 1.165) is 16.6 Å². The molecule has 2 aromatic heterocycles. The molecule has 0 bridgehead atoms. The fraction of sp³-hybridized carbons (Fsp3) is 0.217. The minimum atomic E-state index is -0.588. The number of likely N-dealkylation sites (tertiary alicyclic amines) is 1. The molecule has 1 unspecified atom stereocenters. The molecule has 1 fully saturated rings. The van der Waals surface area contributed by atoms with Crippen molar-refractivity contribution < 1.29 is 13.9 Å². The third-order valence-electron chi connectivity index (χ3n) is 5.70. The first-order valence-corrected chi connectivity index (χ1v) is 10.1. The Balaban J connectivity index is 1.58. The van der Waals surface area contributed by atoms with Crippen molar-refractivity contribution in [2.45, 2.75) is 19.4 Å². The molecule has 0 spiro atoms. The number of aromatic nitrogens is 5. The zero-order valence-electron chi connectivity index (χ0n) is 17.7. The number of rotatable bonds is 4. The summed E-state index contributed by atoms with van der Waals surface area (Å²) in [5.41, 5.74) is 3.01. The van der Waals surface area contributed by atoms with Crippen molar-refractivity contribution in [1.29, 1.82) is 0 Å². The summed E-state index contributed by atoms with van der Waals surface area (Å²) in [5.74, 6) is 0.275. The molecule has 1 amide bonds. The van der Waals surface area contributed by atoms with E-state index in [1.54, 1.807) is 31.1 Å². The van der Waals surface area contributed by atoms with E-state index in [9.17, 15) is 4.79 Å². The summed E-state index contributed by atoms with van der Waals surface area (Å²) in [6.07, 6.45) is 3.50. The van der Waals surface area contributed by atoms with E-state index in [1.807, 2.05) is 18.2 Å². The Hall–Kier alpha value is -4.01. The van der Waals surface area contributed by atoms with Gasteiger partial charge in [0.25, 0.3) is 5.91 Å². The first-order valence-electron chi connectivity index (χ1n) is 10.1. The summed E-state index contributed by atoms with van der Waals surface area (Å²) in [7, 11) is 1.60. The van der Waals surface area contributed by atoms with Crippen LogP contribution in [0.3, 0.4) is 0 Å². The molecule has 162 valence electrons. The van der Waals surface area contributed by atoms with Gasteiger partial charge in [0.15, 0.2) is 0 Å². The van der Waals surface area contributed by atoms with Crippen LogP contribution < -0.4 is 4.74 Å². The van der Waals surface area contributed by atoms with Crippen LogP contribution in [0, 0.1) is 12.7 Å². The average molecular weight is 432 g/mol. The number of methoxy groups -OCH3 is 1. The summed E-state index contributed by atoms with van der Waals surface area (Å²) in [6, 6.07) is 8.40. The predicted molar refractivity (Wildman–Crippen MR) is 116 cm³/mol. The van der Waals surface area contributed by atoms with Crippen molar-refractivity contribution in [2.75, 3.05) is 13.7 Å². The average Bonchev–Trinajstić information content (AvgIpc) is 3.53.